The van der Waals surface area contributed by atoms with Crippen LogP contribution in [0.25, 0.3) is 0 Å². The third kappa shape index (κ3) is 4.27. The number of benzene rings is 1. The lowest BCUT2D eigenvalue weighted by Gasteiger charge is -2.27. The number of carbonyl (C=O) groups is 3. The number of carbonyl (C=O) groups excluding carboxylic acids is 3. The van der Waals surface area contributed by atoms with Crippen LogP contribution in [0.3, 0.4) is 0 Å². The maximum absolute atomic E-state index is 12.8. The van der Waals surface area contributed by atoms with Crippen molar-refractivity contribution in [2.24, 2.45) is 0 Å². The second-order valence-corrected chi connectivity index (χ2v) is 8.45. The average molecular weight is 417 g/mol. The number of amides is 2. The van der Waals surface area contributed by atoms with Gasteiger partial charge in [0.05, 0.1) is 17.6 Å². The molecule has 1 aliphatic rings. The first-order valence-corrected chi connectivity index (χ1v) is 10.6. The molecular weight excluding hydrogens is 398 g/mol. The fourth-order valence-corrected chi connectivity index (χ4v) is 3.55. The monoisotopic (exact) mass is 417 g/mol. The number of ether oxygens (including phenoxy) is 1. The highest BCUT2D eigenvalue weighted by Crippen LogP contribution is 2.19. The molecule has 0 aliphatic carbocycles. The van der Waals surface area contributed by atoms with Gasteiger partial charge in [0, 0.05) is 31.1 Å². The Morgan fingerprint density at radius 2 is 1.52 bits per heavy atom. The maximum atomic E-state index is 12.8. The molecule has 2 heterocycles. The van der Waals surface area contributed by atoms with Gasteiger partial charge in [0.15, 0.2) is 9.84 Å². The number of esters is 1. The van der Waals surface area contributed by atoms with E-state index in [4.69, 9.17) is 0 Å². The smallest absolute Gasteiger partial charge is 0.339 e. The van der Waals surface area contributed by atoms with Crippen molar-refractivity contribution in [3.05, 3.63) is 59.4 Å². The Balaban J connectivity index is 1.79. The third-order valence-electron chi connectivity index (χ3n) is 4.43. The molecule has 1 fully saturated rings. The Bertz CT molecular complexity index is 1050. The molecule has 1 aromatic heterocycles. The zero-order valence-electron chi connectivity index (χ0n) is 15.9. The van der Waals surface area contributed by atoms with E-state index in [-0.39, 0.29) is 21.7 Å². The number of rotatable bonds is 4. The van der Waals surface area contributed by atoms with Crippen LogP contribution in [0.15, 0.2) is 47.5 Å². The summed E-state index contributed by atoms with van der Waals surface area (Å²) in [6, 6.07) is 8.39. The van der Waals surface area contributed by atoms with E-state index < -0.39 is 27.6 Å². The molecule has 0 unspecified atom stereocenters. The Kier molecular flexibility index (Phi) is 5.64. The number of methoxy groups -OCH3 is 1. The minimum absolute atomic E-state index is 0.0878. The normalized spacial score (nSPS) is 14.0. The molecule has 0 atom stereocenters. The van der Waals surface area contributed by atoms with Crippen molar-refractivity contribution in [2.75, 3.05) is 26.5 Å². The fourth-order valence-electron chi connectivity index (χ4n) is 2.92. The first-order chi connectivity index (χ1) is 13.7. The van der Waals surface area contributed by atoms with E-state index in [0.717, 1.165) is 6.26 Å². The van der Waals surface area contributed by atoms with Gasteiger partial charge in [0.1, 0.15) is 5.69 Å². The number of nitrogens with zero attached hydrogens (tertiary/aromatic N) is 3. The Labute approximate surface area is 167 Å². The molecule has 3 rings (SSSR count). The van der Waals surface area contributed by atoms with Crippen LogP contribution in [0.1, 0.15) is 37.6 Å². The summed E-state index contributed by atoms with van der Waals surface area (Å²) in [4.78, 5) is 41.2. The highest BCUT2D eigenvalue weighted by Gasteiger charge is 2.32. The molecule has 29 heavy (non-hydrogen) atoms. The van der Waals surface area contributed by atoms with Gasteiger partial charge in [0.2, 0.25) is 0 Å². The van der Waals surface area contributed by atoms with Crippen molar-refractivity contribution < 1.29 is 27.5 Å². The van der Waals surface area contributed by atoms with Crippen molar-refractivity contribution in [1.82, 2.24) is 15.0 Å². The van der Waals surface area contributed by atoms with Gasteiger partial charge >= 0.3 is 5.97 Å². The highest BCUT2D eigenvalue weighted by molar-refractivity contribution is 7.90. The summed E-state index contributed by atoms with van der Waals surface area (Å²) in [5.74, 6) is -1.45. The summed E-state index contributed by atoms with van der Waals surface area (Å²) in [5, 5.41) is 2.61. The Morgan fingerprint density at radius 1 is 0.931 bits per heavy atom. The van der Waals surface area contributed by atoms with Crippen LogP contribution in [0.5, 0.6) is 0 Å². The molecule has 9 nitrogen and oxygen atoms in total. The van der Waals surface area contributed by atoms with E-state index in [9.17, 15) is 22.8 Å². The first-order valence-electron chi connectivity index (χ1n) is 8.70. The average Bonchev–Trinajstić information content (AvgIpc) is 3.21. The van der Waals surface area contributed by atoms with Crippen LogP contribution in [0.2, 0.25) is 0 Å². The summed E-state index contributed by atoms with van der Waals surface area (Å²) in [7, 11) is -2.12. The van der Waals surface area contributed by atoms with Crippen LogP contribution >= 0.6 is 0 Å². The number of pyridine rings is 1. The van der Waals surface area contributed by atoms with Crippen molar-refractivity contribution in [1.29, 1.82) is 0 Å². The predicted octanol–water partition coefficient (Wildman–Crippen LogP) is 1.18. The molecule has 1 aromatic carbocycles. The van der Waals surface area contributed by atoms with Crippen LogP contribution < -0.4 is 0 Å². The van der Waals surface area contributed by atoms with E-state index in [1.54, 1.807) is 0 Å². The van der Waals surface area contributed by atoms with Gasteiger partial charge in [-0.3, -0.25) is 14.6 Å². The Morgan fingerprint density at radius 3 is 2.03 bits per heavy atom. The van der Waals surface area contributed by atoms with E-state index in [2.05, 4.69) is 9.72 Å². The molecule has 2 amide bonds. The quantitative estimate of drug-likeness (QED) is 0.686. The molecular formula is C19H19N3O6S. The topological polar surface area (TPSA) is 114 Å². The predicted molar refractivity (Wildman–Crippen MR) is 102 cm³/mol. The first kappa shape index (κ1) is 20.5. The van der Waals surface area contributed by atoms with Crippen molar-refractivity contribution in [2.45, 2.75) is 11.3 Å². The fraction of sp³-hybridized carbons (Fsp3) is 0.263. The molecule has 0 bridgehead atoms. The van der Waals surface area contributed by atoms with E-state index in [1.807, 2.05) is 0 Å². The van der Waals surface area contributed by atoms with Crippen molar-refractivity contribution in [3.63, 3.8) is 0 Å². The van der Waals surface area contributed by atoms with Gasteiger partial charge in [0.25, 0.3) is 11.8 Å². The third-order valence-corrected chi connectivity index (χ3v) is 5.56. The highest BCUT2D eigenvalue weighted by atomic mass is 32.2. The van der Waals surface area contributed by atoms with Crippen molar-refractivity contribution in [3.8, 4) is 0 Å². The zero-order valence-corrected chi connectivity index (χ0v) is 16.7. The van der Waals surface area contributed by atoms with Crippen LogP contribution in [-0.4, -0.2) is 67.7 Å². The van der Waals surface area contributed by atoms with Gasteiger partial charge in [-0.25, -0.2) is 23.2 Å². The minimum atomic E-state index is -3.37. The molecule has 0 N–H and O–H groups in total. The standard InChI is InChI=1S/C19H19N3O6S/c1-28-19(25)14-6-9-16(20-12-14)18(24)22-11-3-10-21(22)17(23)13-4-7-15(8-5-13)29(2,26)27/h4-9,12H,3,10-11H2,1-2H3. The molecule has 2 aromatic rings. The van der Waals surface area contributed by atoms with Gasteiger partial charge in [-0.1, -0.05) is 0 Å². The van der Waals surface area contributed by atoms with Gasteiger partial charge in [-0.15, -0.1) is 0 Å². The molecule has 10 heteroatoms. The molecule has 0 radical (unpaired) electrons. The Hall–Kier alpha value is -3.27. The van der Waals surface area contributed by atoms with Crippen LogP contribution in [0, 0.1) is 0 Å². The lowest BCUT2D eigenvalue weighted by molar-refractivity contribution is 0.0182. The number of hydrogen-bond acceptors (Lipinski definition) is 7. The summed E-state index contributed by atoms with van der Waals surface area (Å²) >= 11 is 0. The second kappa shape index (κ2) is 8.00. The van der Waals surface area contributed by atoms with E-state index in [0.29, 0.717) is 19.5 Å². The lowest BCUT2D eigenvalue weighted by Crippen LogP contribution is -2.45. The van der Waals surface area contributed by atoms with E-state index in [1.165, 1.54) is 59.7 Å². The molecule has 1 saturated heterocycles. The molecule has 1 aliphatic heterocycles. The summed E-state index contributed by atoms with van der Waals surface area (Å²) < 4.78 is 27.7. The number of hydrogen-bond donors (Lipinski definition) is 0. The summed E-state index contributed by atoms with van der Waals surface area (Å²) in [6.45, 7) is 0.686. The number of aromatic nitrogens is 1. The van der Waals surface area contributed by atoms with Crippen molar-refractivity contribution >= 4 is 27.6 Å². The van der Waals surface area contributed by atoms with Crippen LogP contribution in [0.4, 0.5) is 0 Å². The van der Waals surface area contributed by atoms with Gasteiger partial charge < -0.3 is 4.74 Å². The largest absolute Gasteiger partial charge is 0.465 e. The second-order valence-electron chi connectivity index (χ2n) is 6.43. The zero-order chi connectivity index (χ0) is 21.2. The van der Waals surface area contributed by atoms with Gasteiger partial charge in [-0.2, -0.15) is 0 Å². The SMILES string of the molecule is COC(=O)c1ccc(C(=O)N2CCCN2C(=O)c2ccc(S(C)(=O)=O)cc2)nc1. The maximum Gasteiger partial charge on any atom is 0.339 e. The summed E-state index contributed by atoms with van der Waals surface area (Å²) in [5.41, 5.74) is 0.570. The van der Waals surface area contributed by atoms with E-state index >= 15 is 0 Å². The molecule has 0 saturated carbocycles. The molecule has 152 valence electrons. The van der Waals surface area contributed by atoms with Gasteiger partial charge in [-0.05, 0) is 42.8 Å². The molecule has 0 spiro atoms. The lowest BCUT2D eigenvalue weighted by atomic mass is 10.2. The summed E-state index contributed by atoms with van der Waals surface area (Å²) in [6.07, 6.45) is 2.92. The minimum Gasteiger partial charge on any atom is -0.465 e. The van der Waals surface area contributed by atoms with Crippen LogP contribution in [-0.2, 0) is 14.6 Å². The number of hydrazine groups is 1. The number of sulfone groups is 1.